The molecule has 0 saturated carbocycles. The molecule has 2 aliphatic rings. The van der Waals surface area contributed by atoms with Gasteiger partial charge >= 0.3 is 0 Å². The Labute approximate surface area is 193 Å². The Hall–Kier alpha value is -4.18. The first-order valence-electron chi connectivity index (χ1n) is 11.0. The Bertz CT molecular complexity index is 1310. The largest absolute Gasteiger partial charge is 0.507 e. The molecule has 1 aliphatic carbocycles. The van der Waals surface area contributed by atoms with Gasteiger partial charge in [0, 0.05) is 17.8 Å². The van der Waals surface area contributed by atoms with Crippen LogP contribution in [0.5, 0.6) is 11.5 Å². The average molecular weight is 433 g/mol. The predicted molar refractivity (Wildman–Crippen MR) is 134 cm³/mol. The molecule has 0 unspecified atom stereocenters. The maximum absolute atomic E-state index is 10.4. The number of ether oxygens (including phenoxy) is 1. The van der Waals surface area contributed by atoms with Crippen LogP contribution in [0.2, 0.25) is 0 Å². The van der Waals surface area contributed by atoms with E-state index in [0.29, 0.717) is 24.5 Å². The van der Waals surface area contributed by atoms with Gasteiger partial charge in [-0.15, -0.1) is 0 Å². The van der Waals surface area contributed by atoms with Gasteiger partial charge in [0.2, 0.25) is 0 Å². The number of pyridine rings is 1. The normalized spacial score (nSPS) is 14.7. The van der Waals surface area contributed by atoms with Crippen LogP contribution in [0.25, 0.3) is 18.2 Å². The fourth-order valence-corrected chi connectivity index (χ4v) is 3.82. The van der Waals surface area contributed by atoms with E-state index >= 15 is 0 Å². The molecule has 2 heterocycles. The SMILES string of the molecule is Oc1cc(OCc2ccccn2)ccc1/C=C/C1=NCC(/C=C/c2ccc3c(c2)CC=C3)=C1. The number of nitrogens with zero attached hydrogens (tertiary/aromatic N) is 2. The number of aromatic hydroxyl groups is 1. The van der Waals surface area contributed by atoms with Gasteiger partial charge in [-0.25, -0.2) is 0 Å². The van der Waals surface area contributed by atoms with Crippen LogP contribution in [0.3, 0.4) is 0 Å². The smallest absolute Gasteiger partial charge is 0.130 e. The lowest BCUT2D eigenvalue weighted by atomic mass is 10.0. The molecular weight excluding hydrogens is 408 g/mol. The van der Waals surface area contributed by atoms with Crippen molar-refractivity contribution in [2.24, 2.45) is 4.99 Å². The highest BCUT2D eigenvalue weighted by molar-refractivity contribution is 6.08. The summed E-state index contributed by atoms with van der Waals surface area (Å²) in [4.78, 5) is 8.81. The summed E-state index contributed by atoms with van der Waals surface area (Å²) >= 11 is 0. The molecule has 33 heavy (non-hydrogen) atoms. The van der Waals surface area contributed by atoms with Crippen LogP contribution in [0.1, 0.15) is 27.9 Å². The van der Waals surface area contributed by atoms with Crippen LogP contribution in [0.4, 0.5) is 0 Å². The quantitative estimate of drug-likeness (QED) is 0.495. The average Bonchev–Trinajstić information content (AvgIpc) is 3.50. The minimum atomic E-state index is 0.165. The van der Waals surface area contributed by atoms with E-state index in [2.05, 4.69) is 58.6 Å². The standard InChI is InChI=1S/C29H24N2O2/c32-29-18-28(33-20-27-6-1-2-15-30-27)14-12-24(29)11-13-26-17-22(19-31-26)8-7-21-9-10-23-4-3-5-25(23)16-21/h1-4,6-18,32H,5,19-20H2/b8-7+,13-11+. The fourth-order valence-electron chi connectivity index (χ4n) is 3.82. The highest BCUT2D eigenvalue weighted by Crippen LogP contribution is 2.26. The number of hydrogen-bond acceptors (Lipinski definition) is 4. The lowest BCUT2D eigenvalue weighted by Crippen LogP contribution is -1.97. The number of allylic oxidation sites excluding steroid dienone is 3. The van der Waals surface area contributed by atoms with Crippen molar-refractivity contribution in [3.63, 3.8) is 0 Å². The van der Waals surface area contributed by atoms with Crippen molar-refractivity contribution in [1.29, 1.82) is 0 Å². The van der Waals surface area contributed by atoms with Gasteiger partial charge in [-0.2, -0.15) is 0 Å². The van der Waals surface area contributed by atoms with Gasteiger partial charge in [0.15, 0.2) is 0 Å². The molecule has 0 atom stereocenters. The van der Waals surface area contributed by atoms with Gasteiger partial charge in [0.05, 0.1) is 18.0 Å². The van der Waals surface area contributed by atoms with Crippen molar-refractivity contribution in [3.05, 3.63) is 119 Å². The Kier molecular flexibility index (Phi) is 5.98. The van der Waals surface area contributed by atoms with Crippen LogP contribution < -0.4 is 4.74 Å². The van der Waals surface area contributed by atoms with Crippen molar-refractivity contribution in [1.82, 2.24) is 4.98 Å². The molecular formula is C29H24N2O2. The van der Waals surface area contributed by atoms with Crippen LogP contribution in [0.15, 0.2) is 95.7 Å². The zero-order valence-electron chi connectivity index (χ0n) is 18.2. The number of benzene rings is 2. The molecule has 3 aromatic rings. The topological polar surface area (TPSA) is 54.7 Å². The van der Waals surface area contributed by atoms with Gasteiger partial charge in [-0.3, -0.25) is 9.98 Å². The second-order valence-electron chi connectivity index (χ2n) is 8.02. The number of phenolic OH excluding ortho intramolecular Hbond substituents is 1. The summed E-state index contributed by atoms with van der Waals surface area (Å²) < 4.78 is 5.72. The Morgan fingerprint density at radius 1 is 0.970 bits per heavy atom. The number of fused-ring (bicyclic) bond motifs is 1. The minimum Gasteiger partial charge on any atom is -0.507 e. The fraction of sp³-hybridized carbons (Fsp3) is 0.103. The maximum Gasteiger partial charge on any atom is 0.130 e. The molecule has 1 aromatic heterocycles. The van der Waals surface area contributed by atoms with Crippen LogP contribution in [-0.4, -0.2) is 22.3 Å². The summed E-state index contributed by atoms with van der Waals surface area (Å²) in [6, 6.07) is 17.6. The van der Waals surface area contributed by atoms with Crippen molar-refractivity contribution in [2.45, 2.75) is 13.0 Å². The Morgan fingerprint density at radius 2 is 1.94 bits per heavy atom. The van der Waals surface area contributed by atoms with E-state index in [9.17, 15) is 5.11 Å². The third kappa shape index (κ3) is 5.18. The first-order chi connectivity index (χ1) is 16.2. The van der Waals surface area contributed by atoms with E-state index in [0.717, 1.165) is 23.4 Å². The zero-order chi connectivity index (χ0) is 22.5. The summed E-state index contributed by atoms with van der Waals surface area (Å²) in [5.41, 5.74) is 7.51. The Balaban J connectivity index is 1.19. The van der Waals surface area contributed by atoms with E-state index < -0.39 is 0 Å². The number of rotatable bonds is 7. The molecule has 0 amide bonds. The third-order valence-electron chi connectivity index (χ3n) is 5.62. The van der Waals surface area contributed by atoms with E-state index in [1.807, 2.05) is 42.5 Å². The molecule has 4 heteroatoms. The summed E-state index contributed by atoms with van der Waals surface area (Å²) in [5, 5.41) is 10.4. The highest BCUT2D eigenvalue weighted by atomic mass is 16.5. The first-order valence-corrected chi connectivity index (χ1v) is 11.0. The second kappa shape index (κ2) is 9.53. The van der Waals surface area contributed by atoms with Gasteiger partial charge < -0.3 is 9.84 Å². The lowest BCUT2D eigenvalue weighted by molar-refractivity contribution is 0.299. The predicted octanol–water partition coefficient (Wildman–Crippen LogP) is 6.04. The first kappa shape index (κ1) is 20.7. The summed E-state index contributed by atoms with van der Waals surface area (Å²) in [5.74, 6) is 0.765. The van der Waals surface area contributed by atoms with Gasteiger partial charge in [-0.1, -0.05) is 48.6 Å². The van der Waals surface area contributed by atoms with Crippen molar-refractivity contribution in [3.8, 4) is 11.5 Å². The van der Waals surface area contributed by atoms with E-state index in [1.54, 1.807) is 12.3 Å². The molecule has 5 rings (SSSR count). The minimum absolute atomic E-state index is 0.165. The number of phenols is 1. The van der Waals surface area contributed by atoms with Gasteiger partial charge in [-0.05, 0) is 71.2 Å². The van der Waals surface area contributed by atoms with Crippen LogP contribution in [0, 0.1) is 0 Å². The van der Waals surface area contributed by atoms with E-state index in [1.165, 1.54) is 16.7 Å². The third-order valence-corrected chi connectivity index (χ3v) is 5.62. The maximum atomic E-state index is 10.4. The molecule has 0 radical (unpaired) electrons. The molecule has 1 aliphatic heterocycles. The van der Waals surface area contributed by atoms with Crippen molar-refractivity contribution >= 4 is 23.9 Å². The molecule has 2 aromatic carbocycles. The summed E-state index contributed by atoms with van der Waals surface area (Å²) in [6.07, 6.45) is 17.3. The molecule has 0 saturated heterocycles. The van der Waals surface area contributed by atoms with Crippen molar-refractivity contribution in [2.75, 3.05) is 6.54 Å². The highest BCUT2D eigenvalue weighted by Gasteiger charge is 2.07. The molecule has 162 valence electrons. The second-order valence-corrected chi connectivity index (χ2v) is 8.02. The number of hydrogen-bond donors (Lipinski definition) is 1. The lowest BCUT2D eigenvalue weighted by Gasteiger charge is -2.07. The van der Waals surface area contributed by atoms with Gasteiger partial charge in [0.25, 0.3) is 0 Å². The van der Waals surface area contributed by atoms with Crippen LogP contribution in [-0.2, 0) is 13.0 Å². The molecule has 1 N–H and O–H groups in total. The molecule has 0 fully saturated rings. The number of aliphatic imine (C=N–C) groups is 1. The summed E-state index contributed by atoms with van der Waals surface area (Å²) in [7, 11) is 0. The van der Waals surface area contributed by atoms with E-state index in [4.69, 9.17) is 4.74 Å². The zero-order valence-corrected chi connectivity index (χ0v) is 18.2. The summed E-state index contributed by atoms with van der Waals surface area (Å²) in [6.45, 7) is 1.02. The van der Waals surface area contributed by atoms with Crippen molar-refractivity contribution < 1.29 is 9.84 Å². The molecule has 0 spiro atoms. The van der Waals surface area contributed by atoms with Gasteiger partial charge in [0.1, 0.15) is 18.1 Å². The Morgan fingerprint density at radius 3 is 2.82 bits per heavy atom. The molecule has 4 nitrogen and oxygen atoms in total. The number of aromatic nitrogens is 1. The van der Waals surface area contributed by atoms with E-state index in [-0.39, 0.29) is 5.75 Å². The monoisotopic (exact) mass is 432 g/mol. The van der Waals surface area contributed by atoms with Crippen LogP contribution >= 0.6 is 0 Å². The molecule has 0 bridgehead atoms.